The highest BCUT2D eigenvalue weighted by molar-refractivity contribution is 6.33. The molecule has 3 aromatic carbocycles. The van der Waals surface area contributed by atoms with E-state index in [1.54, 1.807) is 26.0 Å². The Hall–Kier alpha value is -3.59. The molecule has 1 amide bonds. The fourth-order valence-electron chi connectivity index (χ4n) is 4.43. The summed E-state index contributed by atoms with van der Waals surface area (Å²) in [6, 6.07) is 12.6. The van der Waals surface area contributed by atoms with Crippen LogP contribution in [0.1, 0.15) is 40.8 Å². The van der Waals surface area contributed by atoms with Gasteiger partial charge in [-0.25, -0.2) is 4.79 Å². The number of non-ortho nitro benzene ring substituents is 1. The monoisotopic (exact) mass is 518 g/mol. The van der Waals surface area contributed by atoms with Crippen molar-refractivity contribution >= 4 is 23.4 Å². The lowest BCUT2D eigenvalue weighted by Gasteiger charge is -2.23. The highest BCUT2D eigenvalue weighted by atomic mass is 35.5. The number of nitro groups is 1. The van der Waals surface area contributed by atoms with Crippen LogP contribution in [0.15, 0.2) is 54.6 Å². The molecule has 1 fully saturated rings. The molecule has 2 atom stereocenters. The van der Waals surface area contributed by atoms with Crippen molar-refractivity contribution in [2.24, 2.45) is 0 Å². The standard InChI is InChI=1S/C26H22ClF3N2O4/c1-14-4-6-21(22-12-20(32(34)35)5-7-23(22)27)18(8-14)13-31-16(3)24(36-25(31)33)17-9-15(2)10-19(11-17)26(28,29)30/h4-12,16,24H,13H2,1-3H3/t16-,24-/m0/s1. The minimum atomic E-state index is -4.53. The number of hydrogen-bond acceptors (Lipinski definition) is 4. The number of alkyl halides is 3. The molecule has 3 aromatic rings. The van der Waals surface area contributed by atoms with E-state index in [4.69, 9.17) is 16.3 Å². The molecule has 0 N–H and O–H groups in total. The van der Waals surface area contributed by atoms with Crippen molar-refractivity contribution in [2.45, 2.75) is 45.6 Å². The van der Waals surface area contributed by atoms with E-state index in [1.807, 2.05) is 19.1 Å². The minimum absolute atomic E-state index is 0.0739. The van der Waals surface area contributed by atoms with E-state index in [0.29, 0.717) is 27.3 Å². The van der Waals surface area contributed by atoms with Crippen molar-refractivity contribution in [2.75, 3.05) is 0 Å². The number of amides is 1. The Labute approximate surface area is 210 Å². The summed E-state index contributed by atoms with van der Waals surface area (Å²) < 4.78 is 45.6. The number of aryl methyl sites for hydroxylation is 2. The van der Waals surface area contributed by atoms with Crippen LogP contribution in [-0.4, -0.2) is 22.0 Å². The maximum absolute atomic E-state index is 13.4. The van der Waals surface area contributed by atoms with Gasteiger partial charge in [0.2, 0.25) is 0 Å². The van der Waals surface area contributed by atoms with Gasteiger partial charge in [-0.15, -0.1) is 0 Å². The van der Waals surface area contributed by atoms with Gasteiger partial charge >= 0.3 is 12.3 Å². The molecule has 0 aromatic heterocycles. The molecule has 0 unspecified atom stereocenters. The quantitative estimate of drug-likeness (QED) is 0.257. The number of rotatable bonds is 5. The first-order valence-corrected chi connectivity index (χ1v) is 11.4. The van der Waals surface area contributed by atoms with Crippen molar-refractivity contribution in [1.29, 1.82) is 0 Å². The van der Waals surface area contributed by atoms with Crippen LogP contribution in [0.25, 0.3) is 11.1 Å². The van der Waals surface area contributed by atoms with Crippen LogP contribution in [-0.2, 0) is 17.5 Å². The van der Waals surface area contributed by atoms with Gasteiger partial charge in [0.05, 0.1) is 23.1 Å². The Morgan fingerprint density at radius 2 is 1.75 bits per heavy atom. The third kappa shape index (κ3) is 5.02. The summed E-state index contributed by atoms with van der Waals surface area (Å²) in [5, 5.41) is 11.6. The lowest BCUT2D eigenvalue weighted by Crippen LogP contribution is -2.31. The summed E-state index contributed by atoms with van der Waals surface area (Å²) in [7, 11) is 0. The van der Waals surface area contributed by atoms with E-state index in [1.165, 1.54) is 23.1 Å². The molecule has 36 heavy (non-hydrogen) atoms. The van der Waals surface area contributed by atoms with Crippen molar-refractivity contribution in [3.8, 4) is 11.1 Å². The number of carbonyl (C=O) groups is 1. The average molecular weight is 519 g/mol. The average Bonchev–Trinajstić information content (AvgIpc) is 3.07. The Morgan fingerprint density at radius 1 is 1.03 bits per heavy atom. The summed E-state index contributed by atoms with van der Waals surface area (Å²) in [6.07, 6.45) is -6.09. The summed E-state index contributed by atoms with van der Waals surface area (Å²) in [4.78, 5) is 25.1. The predicted octanol–water partition coefficient (Wildman–Crippen LogP) is 7.63. The number of benzene rings is 3. The molecular formula is C26H22ClF3N2O4. The van der Waals surface area contributed by atoms with Crippen LogP contribution in [0.2, 0.25) is 5.02 Å². The second kappa shape index (κ2) is 9.46. The molecular weight excluding hydrogens is 497 g/mol. The van der Waals surface area contributed by atoms with Crippen molar-refractivity contribution < 1.29 is 27.6 Å². The van der Waals surface area contributed by atoms with E-state index in [2.05, 4.69) is 0 Å². The number of ether oxygens (including phenoxy) is 1. The zero-order valence-corrected chi connectivity index (χ0v) is 20.4. The van der Waals surface area contributed by atoms with E-state index in [0.717, 1.165) is 17.7 Å². The zero-order valence-electron chi connectivity index (χ0n) is 19.6. The fourth-order valence-corrected chi connectivity index (χ4v) is 4.65. The Bertz CT molecular complexity index is 1360. The molecule has 0 spiro atoms. The largest absolute Gasteiger partial charge is 0.439 e. The lowest BCUT2D eigenvalue weighted by atomic mass is 9.95. The normalized spacial score (nSPS) is 17.9. The maximum Gasteiger partial charge on any atom is 0.416 e. The first-order chi connectivity index (χ1) is 16.8. The summed E-state index contributed by atoms with van der Waals surface area (Å²) in [6.45, 7) is 5.20. The summed E-state index contributed by atoms with van der Waals surface area (Å²) in [5.74, 6) is 0. The molecule has 4 rings (SSSR count). The van der Waals surface area contributed by atoms with Crippen LogP contribution in [0.3, 0.4) is 0 Å². The highest BCUT2D eigenvalue weighted by Crippen LogP contribution is 2.39. The molecule has 188 valence electrons. The highest BCUT2D eigenvalue weighted by Gasteiger charge is 2.41. The van der Waals surface area contributed by atoms with Gasteiger partial charge in [-0.3, -0.25) is 15.0 Å². The van der Waals surface area contributed by atoms with Gasteiger partial charge in [-0.1, -0.05) is 47.0 Å². The number of carbonyl (C=O) groups excluding carboxylic acids is 1. The number of hydrogen-bond donors (Lipinski definition) is 0. The van der Waals surface area contributed by atoms with Crippen LogP contribution in [0, 0.1) is 24.0 Å². The van der Waals surface area contributed by atoms with Crippen LogP contribution in [0.5, 0.6) is 0 Å². The smallest absolute Gasteiger partial charge is 0.416 e. The number of halogens is 4. The first kappa shape index (κ1) is 25.5. The fraction of sp³-hybridized carbons (Fsp3) is 0.269. The molecule has 1 saturated heterocycles. The SMILES string of the molecule is Cc1cc([C@H]2OC(=O)N(Cc3cc(C)ccc3-c3cc([N+](=O)[O-])ccc3Cl)[C@H]2C)cc(C(F)(F)F)c1. The molecule has 0 radical (unpaired) electrons. The Balaban J connectivity index is 1.70. The molecule has 1 heterocycles. The summed E-state index contributed by atoms with van der Waals surface area (Å²) in [5.41, 5.74) is 2.33. The van der Waals surface area contributed by atoms with E-state index < -0.39 is 34.9 Å². The van der Waals surface area contributed by atoms with E-state index >= 15 is 0 Å². The molecule has 0 saturated carbocycles. The predicted molar refractivity (Wildman–Crippen MR) is 129 cm³/mol. The molecule has 10 heteroatoms. The topological polar surface area (TPSA) is 72.7 Å². The van der Waals surface area contributed by atoms with Gasteiger partial charge in [0.15, 0.2) is 0 Å². The summed E-state index contributed by atoms with van der Waals surface area (Å²) >= 11 is 6.37. The third-order valence-corrected chi connectivity index (χ3v) is 6.53. The Kier molecular flexibility index (Phi) is 6.70. The van der Waals surface area contributed by atoms with Crippen LogP contribution >= 0.6 is 11.6 Å². The van der Waals surface area contributed by atoms with E-state index in [9.17, 15) is 28.1 Å². The second-order valence-electron chi connectivity index (χ2n) is 8.88. The van der Waals surface area contributed by atoms with Crippen LogP contribution < -0.4 is 0 Å². The van der Waals surface area contributed by atoms with E-state index in [-0.39, 0.29) is 17.8 Å². The van der Waals surface area contributed by atoms with Crippen molar-refractivity contribution in [3.05, 3.63) is 97.6 Å². The Morgan fingerprint density at radius 3 is 2.42 bits per heavy atom. The van der Waals surface area contributed by atoms with Crippen molar-refractivity contribution in [1.82, 2.24) is 4.90 Å². The number of nitro benzene ring substituents is 1. The van der Waals surface area contributed by atoms with Gasteiger partial charge in [0.1, 0.15) is 6.10 Å². The molecule has 0 aliphatic carbocycles. The van der Waals surface area contributed by atoms with Gasteiger partial charge < -0.3 is 4.74 Å². The maximum atomic E-state index is 13.4. The van der Waals surface area contributed by atoms with Gasteiger partial charge in [0.25, 0.3) is 5.69 Å². The first-order valence-electron chi connectivity index (χ1n) is 11.0. The van der Waals surface area contributed by atoms with Gasteiger partial charge in [-0.2, -0.15) is 13.2 Å². The minimum Gasteiger partial charge on any atom is -0.439 e. The van der Waals surface area contributed by atoms with Crippen LogP contribution in [0.4, 0.5) is 23.7 Å². The molecule has 1 aliphatic heterocycles. The zero-order chi connectivity index (χ0) is 26.4. The molecule has 6 nitrogen and oxygen atoms in total. The van der Waals surface area contributed by atoms with Gasteiger partial charge in [0, 0.05) is 22.7 Å². The second-order valence-corrected chi connectivity index (χ2v) is 9.29. The third-order valence-electron chi connectivity index (χ3n) is 6.20. The number of cyclic esters (lactones) is 1. The van der Waals surface area contributed by atoms with Crippen molar-refractivity contribution in [3.63, 3.8) is 0 Å². The molecule has 0 bridgehead atoms. The number of nitrogens with zero attached hydrogens (tertiary/aromatic N) is 2. The molecule has 1 aliphatic rings. The lowest BCUT2D eigenvalue weighted by molar-refractivity contribution is -0.384. The van der Waals surface area contributed by atoms with Gasteiger partial charge in [-0.05, 0) is 55.7 Å².